The lowest BCUT2D eigenvalue weighted by molar-refractivity contribution is 0.00798. The van der Waals surface area contributed by atoms with Crippen LogP contribution in [-0.2, 0) is 13.9 Å². The number of nitrogens with one attached hydrogen (secondary N) is 1. The number of amides is 1. The van der Waals surface area contributed by atoms with Crippen molar-refractivity contribution in [1.29, 1.82) is 0 Å². The summed E-state index contributed by atoms with van der Waals surface area (Å²) in [6, 6.07) is 22.8. The number of carbonyl (C=O) groups is 2. The molecule has 0 fully saturated rings. The van der Waals surface area contributed by atoms with Crippen LogP contribution >= 0.6 is 11.6 Å². The topological polar surface area (TPSA) is 77.1 Å². The van der Waals surface area contributed by atoms with Crippen molar-refractivity contribution in [3.8, 4) is 11.1 Å². The third-order valence-electron chi connectivity index (χ3n) is 8.09. The van der Waals surface area contributed by atoms with Gasteiger partial charge in [-0.05, 0) is 98.9 Å². The Balaban J connectivity index is 1.87. The monoisotopic (exact) mass is 652 g/mol. The third kappa shape index (κ3) is 10.3. The van der Waals surface area contributed by atoms with Gasteiger partial charge in [0.1, 0.15) is 5.60 Å². The SMILES string of the molecule is COC(=O)c1ccc(-c2cccc(NC[C@@H](C)N(C[C@H](O[Si](C)(C)C(C)(C)C)c3cccc(Cl)c3)C(=O)OC(C)(C)C)c2)cc1. The molecule has 9 heteroatoms. The summed E-state index contributed by atoms with van der Waals surface area (Å²) in [6.45, 7) is 19.4. The number of halogens is 1. The van der Waals surface area contributed by atoms with Crippen LogP contribution in [0.1, 0.15) is 70.5 Å². The van der Waals surface area contributed by atoms with Crippen molar-refractivity contribution in [2.24, 2.45) is 0 Å². The van der Waals surface area contributed by atoms with Crippen molar-refractivity contribution in [3.05, 3.63) is 88.9 Å². The smallest absolute Gasteiger partial charge is 0.410 e. The second-order valence-corrected chi connectivity index (χ2v) is 19.1. The van der Waals surface area contributed by atoms with E-state index in [4.69, 9.17) is 25.5 Å². The van der Waals surface area contributed by atoms with Gasteiger partial charge in [0, 0.05) is 23.3 Å². The molecule has 0 saturated carbocycles. The zero-order valence-electron chi connectivity index (χ0n) is 28.4. The summed E-state index contributed by atoms with van der Waals surface area (Å²) in [5.74, 6) is -0.368. The molecule has 0 saturated heterocycles. The van der Waals surface area contributed by atoms with E-state index in [0.29, 0.717) is 23.7 Å². The Morgan fingerprint density at radius 3 is 2.13 bits per heavy atom. The van der Waals surface area contributed by atoms with Crippen molar-refractivity contribution < 1.29 is 23.5 Å². The number of rotatable bonds is 11. The van der Waals surface area contributed by atoms with E-state index in [9.17, 15) is 9.59 Å². The van der Waals surface area contributed by atoms with Crippen LogP contribution in [0, 0.1) is 0 Å². The fourth-order valence-corrected chi connectivity index (χ4v) is 5.96. The maximum atomic E-state index is 13.7. The fourth-order valence-electron chi connectivity index (χ4n) is 4.48. The Morgan fingerprint density at radius 1 is 0.911 bits per heavy atom. The quantitative estimate of drug-likeness (QED) is 0.164. The molecule has 7 nitrogen and oxygen atoms in total. The van der Waals surface area contributed by atoms with E-state index in [-0.39, 0.29) is 17.0 Å². The predicted octanol–water partition coefficient (Wildman–Crippen LogP) is 9.59. The summed E-state index contributed by atoms with van der Waals surface area (Å²) in [5.41, 5.74) is 3.64. The Bertz CT molecular complexity index is 1450. The first-order chi connectivity index (χ1) is 20.9. The summed E-state index contributed by atoms with van der Waals surface area (Å²) in [4.78, 5) is 27.3. The Hall–Kier alpha value is -3.33. The van der Waals surface area contributed by atoms with E-state index in [1.807, 2.05) is 88.4 Å². The van der Waals surface area contributed by atoms with Crippen molar-refractivity contribution in [3.63, 3.8) is 0 Å². The van der Waals surface area contributed by atoms with Crippen LogP contribution in [0.25, 0.3) is 11.1 Å². The van der Waals surface area contributed by atoms with Crippen molar-refractivity contribution in [2.75, 3.05) is 25.5 Å². The van der Waals surface area contributed by atoms with Crippen molar-refractivity contribution in [1.82, 2.24) is 4.90 Å². The maximum absolute atomic E-state index is 13.7. The molecule has 3 rings (SSSR count). The van der Waals surface area contributed by atoms with Crippen LogP contribution in [0.4, 0.5) is 10.5 Å². The molecule has 3 aromatic rings. The largest absolute Gasteiger partial charge is 0.465 e. The van der Waals surface area contributed by atoms with Gasteiger partial charge in [-0.25, -0.2) is 9.59 Å². The molecule has 2 atom stereocenters. The highest BCUT2D eigenvalue weighted by Crippen LogP contribution is 2.40. The van der Waals surface area contributed by atoms with Gasteiger partial charge in [-0.3, -0.25) is 0 Å². The van der Waals surface area contributed by atoms with Gasteiger partial charge in [0.2, 0.25) is 0 Å². The average Bonchev–Trinajstić information content (AvgIpc) is 2.96. The number of nitrogens with zero attached hydrogens (tertiary/aromatic N) is 1. The average molecular weight is 653 g/mol. The molecule has 0 aliphatic carbocycles. The minimum atomic E-state index is -2.24. The van der Waals surface area contributed by atoms with E-state index >= 15 is 0 Å². The van der Waals surface area contributed by atoms with Gasteiger partial charge in [0.05, 0.1) is 25.3 Å². The first-order valence-electron chi connectivity index (χ1n) is 15.4. The number of carbonyl (C=O) groups excluding carboxylic acids is 2. The molecule has 0 aromatic heterocycles. The molecule has 45 heavy (non-hydrogen) atoms. The second-order valence-electron chi connectivity index (χ2n) is 13.9. The minimum Gasteiger partial charge on any atom is -0.465 e. The number of hydrogen-bond acceptors (Lipinski definition) is 6. The molecule has 244 valence electrons. The van der Waals surface area contributed by atoms with Gasteiger partial charge in [-0.15, -0.1) is 0 Å². The van der Waals surface area contributed by atoms with Gasteiger partial charge in [-0.1, -0.05) is 68.8 Å². The minimum absolute atomic E-state index is 0.0294. The van der Waals surface area contributed by atoms with Gasteiger partial charge in [-0.2, -0.15) is 0 Å². The van der Waals surface area contributed by atoms with Gasteiger partial charge in [0.15, 0.2) is 8.32 Å². The predicted molar refractivity (Wildman–Crippen MR) is 187 cm³/mol. The number of ether oxygens (including phenoxy) is 2. The lowest BCUT2D eigenvalue weighted by Crippen LogP contribution is -2.49. The summed E-state index contributed by atoms with van der Waals surface area (Å²) in [7, 11) is -0.866. The van der Waals surface area contributed by atoms with Crippen LogP contribution in [0.15, 0.2) is 72.8 Å². The van der Waals surface area contributed by atoms with E-state index in [1.165, 1.54) is 7.11 Å². The Labute approximate surface area is 275 Å². The molecular weight excluding hydrogens is 604 g/mol. The highest BCUT2D eigenvalue weighted by molar-refractivity contribution is 6.74. The highest BCUT2D eigenvalue weighted by Gasteiger charge is 2.41. The number of esters is 1. The first-order valence-corrected chi connectivity index (χ1v) is 18.6. The molecule has 0 unspecified atom stereocenters. The number of hydrogen-bond donors (Lipinski definition) is 1. The second kappa shape index (κ2) is 14.8. The normalized spacial score (nSPS) is 13.5. The van der Waals surface area contributed by atoms with Gasteiger partial charge in [0.25, 0.3) is 0 Å². The molecule has 1 amide bonds. The zero-order chi connectivity index (χ0) is 33.6. The molecule has 0 aliphatic rings. The lowest BCUT2D eigenvalue weighted by Gasteiger charge is -2.41. The summed E-state index contributed by atoms with van der Waals surface area (Å²) in [5, 5.41) is 4.10. The third-order valence-corrected chi connectivity index (χ3v) is 12.8. The lowest BCUT2D eigenvalue weighted by atomic mass is 10.0. The first kappa shape index (κ1) is 36.1. The molecule has 0 spiro atoms. The van der Waals surface area contributed by atoms with E-state index < -0.39 is 26.1 Å². The summed E-state index contributed by atoms with van der Waals surface area (Å²) < 4.78 is 17.7. The van der Waals surface area contributed by atoms with Gasteiger partial charge >= 0.3 is 12.1 Å². The van der Waals surface area contributed by atoms with Gasteiger partial charge < -0.3 is 24.1 Å². The molecule has 1 N–H and O–H groups in total. The Kier molecular flexibility index (Phi) is 11.9. The number of methoxy groups -OCH3 is 1. The van der Waals surface area contributed by atoms with Crippen LogP contribution in [0.5, 0.6) is 0 Å². The molecule has 0 aliphatic heterocycles. The van der Waals surface area contributed by atoms with E-state index in [0.717, 1.165) is 22.4 Å². The molecule has 0 bridgehead atoms. The highest BCUT2D eigenvalue weighted by atomic mass is 35.5. The molecule has 0 radical (unpaired) electrons. The van der Waals surface area contributed by atoms with Crippen molar-refractivity contribution in [2.45, 2.75) is 84.3 Å². The molecular formula is C36H49ClN2O5Si. The summed E-state index contributed by atoms with van der Waals surface area (Å²) in [6.07, 6.45) is -0.794. The van der Waals surface area contributed by atoms with E-state index in [2.05, 4.69) is 39.2 Å². The van der Waals surface area contributed by atoms with Crippen LogP contribution < -0.4 is 5.32 Å². The molecule has 3 aromatic carbocycles. The number of anilines is 1. The van der Waals surface area contributed by atoms with E-state index in [1.54, 1.807) is 17.0 Å². The zero-order valence-corrected chi connectivity index (χ0v) is 30.1. The fraction of sp³-hybridized carbons (Fsp3) is 0.444. The standard InChI is InChI=1S/C36H49ClN2O5Si/c1-25(23-38-31-16-12-13-28(22-31)26-17-19-27(20-18-26)33(40)42-8)39(34(41)43-35(2,3)4)24-32(29-14-11-15-30(37)21-29)44-45(9,10)36(5,6)7/h11-22,25,32,38H,23-24H2,1-10H3/t25-,32+/m1/s1. The Morgan fingerprint density at radius 2 is 1.56 bits per heavy atom. The number of benzene rings is 3. The van der Waals surface area contributed by atoms with Crippen molar-refractivity contribution >= 4 is 37.7 Å². The molecule has 0 heterocycles. The van der Waals surface area contributed by atoms with Crippen LogP contribution in [0.2, 0.25) is 23.2 Å². The van der Waals surface area contributed by atoms with Crippen LogP contribution in [0.3, 0.4) is 0 Å². The summed E-state index contributed by atoms with van der Waals surface area (Å²) >= 11 is 6.42. The van der Waals surface area contributed by atoms with Crippen LogP contribution in [-0.4, -0.2) is 57.1 Å². The maximum Gasteiger partial charge on any atom is 0.410 e.